The van der Waals surface area contributed by atoms with Gasteiger partial charge in [-0.25, -0.2) is 14.2 Å². The molecule has 0 aliphatic heterocycles. The zero-order valence-electron chi connectivity index (χ0n) is 14.3. The third-order valence-electron chi connectivity index (χ3n) is 3.84. The molecule has 5 nitrogen and oxygen atoms in total. The number of aromatic nitrogens is 1. The van der Waals surface area contributed by atoms with Crippen LogP contribution < -0.4 is 10.6 Å². The summed E-state index contributed by atoms with van der Waals surface area (Å²) in [4.78, 5) is 16.0. The minimum atomic E-state index is -0.558. The largest absolute Gasteiger partial charge is 0.323 e. The van der Waals surface area contributed by atoms with E-state index in [2.05, 4.69) is 15.6 Å². The van der Waals surface area contributed by atoms with Gasteiger partial charge in [0.1, 0.15) is 17.0 Å². The Hall–Kier alpha value is -3.43. The first-order chi connectivity index (χ1) is 13.0. The number of carbonyl (C=O) groups excluding carboxylic acids is 1. The third-order valence-corrected chi connectivity index (χ3v) is 4.13. The van der Waals surface area contributed by atoms with E-state index >= 15 is 0 Å². The molecule has 0 saturated carbocycles. The van der Waals surface area contributed by atoms with Crippen molar-refractivity contribution in [3.05, 3.63) is 76.8 Å². The lowest BCUT2D eigenvalue weighted by atomic mass is 10.0. The van der Waals surface area contributed by atoms with Crippen LogP contribution >= 0.6 is 11.6 Å². The number of hydrogen-bond donors (Lipinski definition) is 2. The summed E-state index contributed by atoms with van der Waals surface area (Å²) in [6.45, 7) is 1.81. The summed E-state index contributed by atoms with van der Waals surface area (Å²) >= 11 is 5.95. The van der Waals surface area contributed by atoms with Crippen LogP contribution in [0.2, 0.25) is 5.15 Å². The predicted octanol–water partition coefficient (Wildman–Crippen LogP) is 5.37. The molecule has 134 valence electrons. The first-order valence-corrected chi connectivity index (χ1v) is 8.35. The molecule has 0 bridgehead atoms. The Morgan fingerprint density at radius 1 is 1.15 bits per heavy atom. The number of benzene rings is 2. The highest BCUT2D eigenvalue weighted by Crippen LogP contribution is 2.28. The van der Waals surface area contributed by atoms with Gasteiger partial charge < -0.3 is 10.6 Å². The van der Waals surface area contributed by atoms with Gasteiger partial charge in [0.2, 0.25) is 0 Å². The minimum Gasteiger partial charge on any atom is -0.308 e. The van der Waals surface area contributed by atoms with E-state index in [0.29, 0.717) is 11.3 Å². The molecule has 1 aromatic heterocycles. The average molecular weight is 381 g/mol. The van der Waals surface area contributed by atoms with Crippen molar-refractivity contribution in [3.8, 4) is 17.2 Å². The van der Waals surface area contributed by atoms with Gasteiger partial charge in [-0.15, -0.1) is 0 Å². The Labute approximate surface area is 160 Å². The maximum Gasteiger partial charge on any atom is 0.323 e. The number of carbonyl (C=O) groups is 1. The Kier molecular flexibility index (Phi) is 5.34. The van der Waals surface area contributed by atoms with Gasteiger partial charge in [-0.05, 0) is 48.4 Å². The van der Waals surface area contributed by atoms with Crippen molar-refractivity contribution < 1.29 is 9.18 Å². The van der Waals surface area contributed by atoms with Crippen LogP contribution in [0.15, 0.2) is 54.7 Å². The molecule has 0 aliphatic carbocycles. The Bertz CT molecular complexity index is 1040. The molecule has 2 amide bonds. The fourth-order valence-electron chi connectivity index (χ4n) is 2.54. The predicted molar refractivity (Wildman–Crippen MR) is 103 cm³/mol. The van der Waals surface area contributed by atoms with Gasteiger partial charge in [0.15, 0.2) is 0 Å². The molecule has 1 heterocycles. The number of rotatable bonds is 3. The maximum atomic E-state index is 13.7. The molecule has 0 fully saturated rings. The molecule has 0 atom stereocenters. The topological polar surface area (TPSA) is 77.8 Å². The lowest BCUT2D eigenvalue weighted by Gasteiger charge is -2.10. The van der Waals surface area contributed by atoms with Crippen molar-refractivity contribution in [1.29, 1.82) is 5.26 Å². The molecular weight excluding hydrogens is 367 g/mol. The van der Waals surface area contributed by atoms with Crippen molar-refractivity contribution in [2.75, 3.05) is 10.6 Å². The summed E-state index contributed by atoms with van der Waals surface area (Å²) in [5.41, 5.74) is 3.15. The standard InChI is InChI=1S/C20H14ClFN4O/c1-12-2-7-17(22)18(10-12)26-20(27)25-14-5-3-13(4-6-14)15-8-9-24-19(21)16(15)11-23/h2-10H,1H3,(H2,25,26,27). The van der Waals surface area contributed by atoms with Gasteiger partial charge in [0.25, 0.3) is 0 Å². The Morgan fingerprint density at radius 2 is 1.89 bits per heavy atom. The number of urea groups is 1. The highest BCUT2D eigenvalue weighted by molar-refractivity contribution is 6.31. The summed E-state index contributed by atoms with van der Waals surface area (Å²) in [5.74, 6) is -0.510. The van der Waals surface area contributed by atoms with E-state index in [1.54, 1.807) is 42.5 Å². The van der Waals surface area contributed by atoms with Crippen molar-refractivity contribution in [3.63, 3.8) is 0 Å². The molecule has 0 unspecified atom stereocenters. The van der Waals surface area contributed by atoms with Crippen LogP contribution in [0.3, 0.4) is 0 Å². The molecule has 2 aromatic carbocycles. The van der Waals surface area contributed by atoms with Gasteiger partial charge in [-0.1, -0.05) is 29.8 Å². The molecule has 3 rings (SSSR count). The smallest absolute Gasteiger partial charge is 0.308 e. The van der Waals surface area contributed by atoms with Crippen LogP contribution in [0.4, 0.5) is 20.6 Å². The van der Waals surface area contributed by atoms with Crippen molar-refractivity contribution >= 4 is 29.0 Å². The van der Waals surface area contributed by atoms with Gasteiger partial charge in [-0.3, -0.25) is 0 Å². The zero-order valence-corrected chi connectivity index (χ0v) is 15.0. The number of nitrogens with one attached hydrogen (secondary N) is 2. The Morgan fingerprint density at radius 3 is 2.59 bits per heavy atom. The molecule has 0 aliphatic rings. The van der Waals surface area contributed by atoms with Crippen LogP contribution in [0, 0.1) is 24.1 Å². The molecule has 2 N–H and O–H groups in total. The van der Waals surface area contributed by atoms with Gasteiger partial charge in [0.05, 0.1) is 11.3 Å². The van der Waals surface area contributed by atoms with Crippen LogP contribution in [0.1, 0.15) is 11.1 Å². The fourth-order valence-corrected chi connectivity index (χ4v) is 2.74. The first-order valence-electron chi connectivity index (χ1n) is 7.97. The van der Waals surface area contributed by atoms with E-state index in [4.69, 9.17) is 11.6 Å². The number of halogens is 2. The summed E-state index contributed by atoms with van der Waals surface area (Å²) in [6, 6.07) is 14.5. The van der Waals surface area contributed by atoms with E-state index in [1.165, 1.54) is 12.3 Å². The van der Waals surface area contributed by atoms with Crippen LogP contribution in [0.25, 0.3) is 11.1 Å². The highest BCUT2D eigenvalue weighted by atomic mass is 35.5. The second-order valence-corrected chi connectivity index (χ2v) is 6.13. The minimum absolute atomic E-state index is 0.106. The second-order valence-electron chi connectivity index (χ2n) is 5.78. The Balaban J connectivity index is 1.75. The van der Waals surface area contributed by atoms with E-state index in [0.717, 1.165) is 11.1 Å². The first kappa shape index (κ1) is 18.4. The van der Waals surface area contributed by atoms with E-state index in [-0.39, 0.29) is 16.4 Å². The van der Waals surface area contributed by atoms with E-state index < -0.39 is 11.8 Å². The number of anilines is 2. The summed E-state index contributed by atoms with van der Waals surface area (Å²) in [5, 5.41) is 14.5. The number of hydrogen-bond acceptors (Lipinski definition) is 3. The monoisotopic (exact) mass is 380 g/mol. The van der Waals surface area contributed by atoms with E-state index in [9.17, 15) is 14.4 Å². The van der Waals surface area contributed by atoms with Crippen molar-refractivity contribution in [2.24, 2.45) is 0 Å². The molecule has 3 aromatic rings. The number of nitriles is 1. The molecule has 0 spiro atoms. The quantitative estimate of drug-likeness (QED) is 0.600. The second kappa shape index (κ2) is 7.85. The lowest BCUT2D eigenvalue weighted by molar-refractivity contribution is 0.262. The SMILES string of the molecule is Cc1ccc(F)c(NC(=O)Nc2ccc(-c3ccnc(Cl)c3C#N)cc2)c1. The normalized spacial score (nSPS) is 10.1. The molecular formula is C20H14ClFN4O. The number of pyridine rings is 1. The lowest BCUT2D eigenvalue weighted by Crippen LogP contribution is -2.20. The molecule has 0 saturated heterocycles. The summed E-state index contributed by atoms with van der Waals surface area (Å²) in [6.07, 6.45) is 1.52. The molecule has 7 heteroatoms. The van der Waals surface area contributed by atoms with Gasteiger partial charge >= 0.3 is 6.03 Å². The molecule has 0 radical (unpaired) electrons. The van der Waals surface area contributed by atoms with Gasteiger partial charge in [0, 0.05) is 17.4 Å². The van der Waals surface area contributed by atoms with Crippen molar-refractivity contribution in [1.82, 2.24) is 4.98 Å². The number of nitrogens with zero attached hydrogens (tertiary/aromatic N) is 2. The molecule has 27 heavy (non-hydrogen) atoms. The highest BCUT2D eigenvalue weighted by Gasteiger charge is 2.11. The maximum absolute atomic E-state index is 13.7. The van der Waals surface area contributed by atoms with Crippen LogP contribution in [0.5, 0.6) is 0 Å². The number of amides is 2. The fraction of sp³-hybridized carbons (Fsp3) is 0.0500. The van der Waals surface area contributed by atoms with Crippen LogP contribution in [-0.4, -0.2) is 11.0 Å². The number of aryl methyl sites for hydroxylation is 1. The van der Waals surface area contributed by atoms with Gasteiger partial charge in [-0.2, -0.15) is 5.26 Å². The van der Waals surface area contributed by atoms with E-state index in [1.807, 2.05) is 13.0 Å². The third kappa shape index (κ3) is 4.22. The van der Waals surface area contributed by atoms with Crippen molar-refractivity contribution in [2.45, 2.75) is 6.92 Å². The summed E-state index contributed by atoms with van der Waals surface area (Å²) < 4.78 is 13.7. The summed E-state index contributed by atoms with van der Waals surface area (Å²) in [7, 11) is 0. The average Bonchev–Trinajstić information content (AvgIpc) is 2.65. The van der Waals surface area contributed by atoms with Crippen LogP contribution in [-0.2, 0) is 0 Å². The zero-order chi connectivity index (χ0) is 19.4.